The molecule has 0 fully saturated rings. The van der Waals surface area contributed by atoms with Crippen LogP contribution in [0.1, 0.15) is 65.7 Å². The first kappa shape index (κ1) is 15.2. The van der Waals surface area contributed by atoms with E-state index in [0.29, 0.717) is 0 Å². The second-order valence-corrected chi connectivity index (χ2v) is 5.43. The lowest BCUT2D eigenvalue weighted by molar-refractivity contribution is 0.250. The summed E-state index contributed by atoms with van der Waals surface area (Å²) < 4.78 is 0. The van der Waals surface area contributed by atoms with Gasteiger partial charge in [0.2, 0.25) is 0 Å². The van der Waals surface area contributed by atoms with Crippen LogP contribution in [-0.2, 0) is 0 Å². The third-order valence-corrected chi connectivity index (χ3v) is 3.60. The van der Waals surface area contributed by atoms with Crippen molar-refractivity contribution in [1.29, 1.82) is 5.26 Å². The van der Waals surface area contributed by atoms with Gasteiger partial charge in [-0.2, -0.15) is 5.26 Å². The third-order valence-electron chi connectivity index (χ3n) is 3.60. The molecule has 0 aliphatic rings. The molecule has 0 spiro atoms. The van der Waals surface area contributed by atoms with Crippen molar-refractivity contribution in [2.45, 2.75) is 65.7 Å². The number of rotatable bonds is 9. The standard InChI is InChI=1S/C15H27N/c1-5-6-7-8-9-10-11-12-15(3,4)14(2)13-16/h5,14H,1,6-12H2,2-4H3. The average molecular weight is 221 g/mol. The maximum absolute atomic E-state index is 8.91. The molecule has 1 heteroatoms. The predicted octanol–water partition coefficient (Wildman–Crippen LogP) is 5.09. The van der Waals surface area contributed by atoms with E-state index in [0.717, 1.165) is 6.42 Å². The molecule has 1 nitrogen and oxygen atoms in total. The molecule has 0 radical (unpaired) electrons. The van der Waals surface area contributed by atoms with Crippen LogP contribution in [0.4, 0.5) is 0 Å². The number of allylic oxidation sites excluding steroid dienone is 1. The van der Waals surface area contributed by atoms with Crippen molar-refractivity contribution in [3.05, 3.63) is 12.7 Å². The zero-order valence-corrected chi connectivity index (χ0v) is 11.3. The van der Waals surface area contributed by atoms with E-state index in [9.17, 15) is 0 Å². The highest BCUT2D eigenvalue weighted by Crippen LogP contribution is 2.32. The van der Waals surface area contributed by atoms with Gasteiger partial charge in [-0.25, -0.2) is 0 Å². The van der Waals surface area contributed by atoms with Crippen molar-refractivity contribution >= 4 is 0 Å². The Morgan fingerprint density at radius 3 is 2.31 bits per heavy atom. The van der Waals surface area contributed by atoms with Gasteiger partial charge in [0, 0.05) is 5.92 Å². The Morgan fingerprint density at radius 2 is 1.75 bits per heavy atom. The van der Waals surface area contributed by atoms with Gasteiger partial charge in [0.1, 0.15) is 0 Å². The Morgan fingerprint density at radius 1 is 1.19 bits per heavy atom. The lowest BCUT2D eigenvalue weighted by atomic mass is 9.77. The summed E-state index contributed by atoms with van der Waals surface area (Å²) in [5, 5.41) is 8.91. The maximum atomic E-state index is 8.91. The topological polar surface area (TPSA) is 23.8 Å². The quantitative estimate of drug-likeness (QED) is 0.393. The SMILES string of the molecule is C=CCCCCCCCC(C)(C)C(C)C#N. The molecule has 0 N–H and O–H groups in total. The summed E-state index contributed by atoms with van der Waals surface area (Å²) in [6.07, 6.45) is 10.8. The van der Waals surface area contributed by atoms with Crippen molar-refractivity contribution in [2.24, 2.45) is 11.3 Å². The average Bonchev–Trinajstić information content (AvgIpc) is 2.26. The van der Waals surface area contributed by atoms with Crippen molar-refractivity contribution in [3.63, 3.8) is 0 Å². The van der Waals surface area contributed by atoms with E-state index < -0.39 is 0 Å². The zero-order valence-electron chi connectivity index (χ0n) is 11.3. The Balaban J connectivity index is 3.51. The second kappa shape index (κ2) is 8.39. The lowest BCUT2D eigenvalue weighted by Gasteiger charge is -2.27. The first-order valence-corrected chi connectivity index (χ1v) is 6.55. The summed E-state index contributed by atoms with van der Waals surface area (Å²) in [6, 6.07) is 2.36. The van der Waals surface area contributed by atoms with E-state index in [1.54, 1.807) is 0 Å². The van der Waals surface area contributed by atoms with Gasteiger partial charge in [0.25, 0.3) is 0 Å². The van der Waals surface area contributed by atoms with E-state index in [1.807, 2.05) is 13.0 Å². The minimum Gasteiger partial charge on any atom is -0.198 e. The molecule has 1 atom stereocenters. The van der Waals surface area contributed by atoms with Crippen LogP contribution in [0.3, 0.4) is 0 Å². The number of nitriles is 1. The maximum Gasteiger partial charge on any atom is 0.0658 e. The molecule has 0 bridgehead atoms. The van der Waals surface area contributed by atoms with Crippen molar-refractivity contribution < 1.29 is 0 Å². The fourth-order valence-electron chi connectivity index (χ4n) is 1.79. The number of hydrogen-bond acceptors (Lipinski definition) is 1. The van der Waals surface area contributed by atoms with Gasteiger partial charge >= 0.3 is 0 Å². The highest BCUT2D eigenvalue weighted by Gasteiger charge is 2.24. The Labute approximate surface area is 102 Å². The highest BCUT2D eigenvalue weighted by molar-refractivity contribution is 4.90. The van der Waals surface area contributed by atoms with Gasteiger partial charge < -0.3 is 0 Å². The smallest absolute Gasteiger partial charge is 0.0658 e. The van der Waals surface area contributed by atoms with E-state index >= 15 is 0 Å². The second-order valence-electron chi connectivity index (χ2n) is 5.43. The Bertz CT molecular complexity index is 222. The molecule has 0 rings (SSSR count). The van der Waals surface area contributed by atoms with E-state index in [2.05, 4.69) is 26.5 Å². The van der Waals surface area contributed by atoms with E-state index in [-0.39, 0.29) is 11.3 Å². The first-order chi connectivity index (χ1) is 7.54. The lowest BCUT2D eigenvalue weighted by Crippen LogP contribution is -2.20. The monoisotopic (exact) mass is 221 g/mol. The number of unbranched alkanes of at least 4 members (excludes halogenated alkanes) is 5. The normalized spacial score (nSPS) is 13.1. The van der Waals surface area contributed by atoms with Gasteiger partial charge in [-0.15, -0.1) is 6.58 Å². The van der Waals surface area contributed by atoms with Crippen molar-refractivity contribution in [1.82, 2.24) is 0 Å². The molecule has 16 heavy (non-hydrogen) atoms. The molecule has 0 saturated heterocycles. The Kier molecular flexibility index (Phi) is 7.99. The summed E-state index contributed by atoms with van der Waals surface area (Å²) in [4.78, 5) is 0. The van der Waals surface area contributed by atoms with Crippen LogP contribution in [0.5, 0.6) is 0 Å². The molecule has 0 saturated carbocycles. The molecule has 0 amide bonds. The van der Waals surface area contributed by atoms with Gasteiger partial charge in [0.05, 0.1) is 6.07 Å². The summed E-state index contributed by atoms with van der Waals surface area (Å²) in [5.74, 6) is 0.160. The molecule has 92 valence electrons. The van der Waals surface area contributed by atoms with Crippen LogP contribution >= 0.6 is 0 Å². The van der Waals surface area contributed by atoms with Crippen LogP contribution in [0.15, 0.2) is 12.7 Å². The molecule has 0 aliphatic carbocycles. The van der Waals surface area contributed by atoms with Crippen LogP contribution < -0.4 is 0 Å². The molecule has 0 aromatic carbocycles. The molecule has 0 heterocycles. The van der Waals surface area contributed by atoms with Gasteiger partial charge in [0.15, 0.2) is 0 Å². The molecular formula is C15H27N. The van der Waals surface area contributed by atoms with Crippen LogP contribution in [0, 0.1) is 22.7 Å². The van der Waals surface area contributed by atoms with Gasteiger partial charge in [-0.1, -0.05) is 45.6 Å². The summed E-state index contributed by atoms with van der Waals surface area (Å²) in [5.41, 5.74) is 0.176. The van der Waals surface area contributed by atoms with Crippen molar-refractivity contribution in [3.8, 4) is 6.07 Å². The third kappa shape index (κ3) is 6.67. The summed E-state index contributed by atoms with van der Waals surface area (Å²) >= 11 is 0. The molecule has 0 aromatic heterocycles. The van der Waals surface area contributed by atoms with Gasteiger partial charge in [-0.3, -0.25) is 0 Å². The fraction of sp³-hybridized carbons (Fsp3) is 0.800. The highest BCUT2D eigenvalue weighted by atomic mass is 14.3. The minimum atomic E-state index is 0.160. The predicted molar refractivity (Wildman–Crippen MR) is 71.1 cm³/mol. The first-order valence-electron chi connectivity index (χ1n) is 6.55. The molecule has 1 unspecified atom stereocenters. The van der Waals surface area contributed by atoms with Crippen LogP contribution in [0.25, 0.3) is 0 Å². The zero-order chi connectivity index (χ0) is 12.4. The fourth-order valence-corrected chi connectivity index (χ4v) is 1.79. The molecule has 0 aliphatic heterocycles. The van der Waals surface area contributed by atoms with E-state index in [4.69, 9.17) is 5.26 Å². The van der Waals surface area contributed by atoms with E-state index in [1.165, 1.54) is 38.5 Å². The molecule has 0 aromatic rings. The van der Waals surface area contributed by atoms with Crippen molar-refractivity contribution in [2.75, 3.05) is 0 Å². The van der Waals surface area contributed by atoms with Crippen LogP contribution in [0.2, 0.25) is 0 Å². The largest absolute Gasteiger partial charge is 0.198 e. The number of hydrogen-bond donors (Lipinski definition) is 0. The van der Waals surface area contributed by atoms with Gasteiger partial charge in [-0.05, 0) is 31.6 Å². The van der Waals surface area contributed by atoms with Crippen LogP contribution in [-0.4, -0.2) is 0 Å². The summed E-state index contributed by atoms with van der Waals surface area (Å²) in [6.45, 7) is 10.2. The molecular weight excluding hydrogens is 194 g/mol. The number of nitrogens with zero attached hydrogens (tertiary/aromatic N) is 1. The minimum absolute atomic E-state index is 0.160. The Hall–Kier alpha value is -0.770. The summed E-state index contributed by atoms with van der Waals surface area (Å²) in [7, 11) is 0.